The first-order valence-electron chi connectivity index (χ1n) is 15.0. The zero-order valence-electron chi connectivity index (χ0n) is 25.6. The summed E-state index contributed by atoms with van der Waals surface area (Å²) in [5.74, 6) is 1.46. The molecule has 1 fully saturated rings. The molecule has 5 rings (SSSR count). The third-order valence-corrected chi connectivity index (χ3v) is 9.98. The van der Waals surface area contributed by atoms with Gasteiger partial charge in [0, 0.05) is 31.1 Å². The van der Waals surface area contributed by atoms with Crippen molar-refractivity contribution in [2.75, 3.05) is 11.8 Å². The Kier molecular flexibility index (Phi) is 8.83. The molecule has 12 heteroatoms. The Morgan fingerprint density at radius 2 is 1.86 bits per heavy atom. The Labute approximate surface area is 258 Å². The number of unbranched alkanes of at least 4 members (excludes halogenated alkanes) is 1. The van der Waals surface area contributed by atoms with Crippen LogP contribution in [0.2, 0.25) is 0 Å². The van der Waals surface area contributed by atoms with E-state index in [1.54, 1.807) is 43.0 Å². The van der Waals surface area contributed by atoms with Crippen LogP contribution in [0.5, 0.6) is 0 Å². The Bertz CT molecular complexity index is 1710. The number of aliphatic imine (C=N–C) groups is 1. The molecule has 0 saturated heterocycles. The lowest BCUT2D eigenvalue weighted by Gasteiger charge is -2.24. The second kappa shape index (κ2) is 12.4. The highest BCUT2D eigenvalue weighted by atomic mass is 32.2. The summed E-state index contributed by atoms with van der Waals surface area (Å²) < 4.78 is 34.9. The van der Waals surface area contributed by atoms with Gasteiger partial charge in [-0.15, -0.1) is 0 Å². The number of aryl methyl sites for hydroxylation is 1. The molecule has 1 aliphatic heterocycles. The number of rotatable bonds is 11. The van der Waals surface area contributed by atoms with Crippen LogP contribution in [0.25, 0.3) is 11.1 Å². The third kappa shape index (κ3) is 6.08. The van der Waals surface area contributed by atoms with E-state index in [0.29, 0.717) is 34.6 Å². The summed E-state index contributed by atoms with van der Waals surface area (Å²) in [5, 5.41) is 13.5. The van der Waals surface area contributed by atoms with Crippen LogP contribution in [0.3, 0.4) is 0 Å². The molecule has 1 saturated carbocycles. The van der Waals surface area contributed by atoms with Crippen molar-refractivity contribution in [1.29, 1.82) is 0 Å². The number of carboxylic acid groups (broad SMARTS) is 1. The van der Waals surface area contributed by atoms with Crippen molar-refractivity contribution >= 4 is 33.7 Å². The van der Waals surface area contributed by atoms with Gasteiger partial charge in [0.2, 0.25) is 0 Å². The number of carbonyl (C=O) groups excluding carboxylic acids is 1. The van der Waals surface area contributed by atoms with Crippen LogP contribution in [0, 0.1) is 13.8 Å². The number of nitrogens with zero attached hydrogens (tertiary/aromatic N) is 4. The second-order valence-electron chi connectivity index (χ2n) is 11.7. The van der Waals surface area contributed by atoms with Crippen LogP contribution in [0.15, 0.2) is 56.9 Å². The zero-order valence-corrected chi connectivity index (χ0v) is 26.4. The lowest BCUT2D eigenvalue weighted by atomic mass is 9.96. The predicted octanol–water partition coefficient (Wildman–Crippen LogP) is 6.11. The fourth-order valence-corrected chi connectivity index (χ4v) is 7.24. The monoisotopic (exact) mass is 621 g/mol. The standard InChI is InChI=1S/C32H39N5O6S/c1-5-6-13-28-33-32(16-9-10-17-32)30(38)37(28)19-23-14-15-25(24(18-23)20-36(4)31(39)40)26-11-7-8-12-27(26)44(41,42)35-29-21(2)22(3)43-34-29/h7-8,11-12,14-15,18H,5-6,9-10,13,16-17,19-20H2,1-4H3,(H,34,35)(H,39,40). The van der Waals surface area contributed by atoms with E-state index in [1.807, 2.05) is 12.1 Å². The van der Waals surface area contributed by atoms with Gasteiger partial charge in [-0.05, 0) is 55.9 Å². The molecule has 2 heterocycles. The van der Waals surface area contributed by atoms with E-state index in [1.165, 1.54) is 13.1 Å². The lowest BCUT2D eigenvalue weighted by Crippen LogP contribution is -2.40. The molecule has 1 spiro atoms. The minimum atomic E-state index is -4.10. The summed E-state index contributed by atoms with van der Waals surface area (Å²) in [6, 6.07) is 12.1. The highest BCUT2D eigenvalue weighted by Crippen LogP contribution is 2.40. The minimum Gasteiger partial charge on any atom is -0.465 e. The maximum absolute atomic E-state index is 13.7. The highest BCUT2D eigenvalue weighted by Gasteiger charge is 2.49. The van der Waals surface area contributed by atoms with E-state index in [0.717, 1.165) is 61.2 Å². The van der Waals surface area contributed by atoms with E-state index in [2.05, 4.69) is 16.8 Å². The second-order valence-corrected chi connectivity index (χ2v) is 13.4. The van der Waals surface area contributed by atoms with Gasteiger partial charge in [-0.2, -0.15) is 0 Å². The van der Waals surface area contributed by atoms with Gasteiger partial charge in [0.15, 0.2) is 5.82 Å². The first-order chi connectivity index (χ1) is 21.0. The molecule has 2 N–H and O–H groups in total. The normalized spacial score (nSPS) is 16.0. The SMILES string of the molecule is CCCCC1=NC2(CCCC2)C(=O)N1Cc1ccc(-c2ccccc2S(=O)(=O)Nc2noc(C)c2C)c(CN(C)C(=O)O)c1. The van der Waals surface area contributed by atoms with Crippen molar-refractivity contribution in [1.82, 2.24) is 15.0 Å². The molecule has 1 aliphatic carbocycles. The number of amides is 2. The van der Waals surface area contributed by atoms with Gasteiger partial charge in [-0.25, -0.2) is 13.2 Å². The summed E-state index contributed by atoms with van der Waals surface area (Å²) in [5.41, 5.74) is 2.31. The van der Waals surface area contributed by atoms with Gasteiger partial charge < -0.3 is 14.5 Å². The number of benzene rings is 2. The van der Waals surface area contributed by atoms with Gasteiger partial charge in [0.1, 0.15) is 17.1 Å². The van der Waals surface area contributed by atoms with Crippen molar-refractivity contribution in [3.05, 3.63) is 64.9 Å². The number of sulfonamides is 1. The summed E-state index contributed by atoms with van der Waals surface area (Å²) in [6.07, 6.45) is 5.01. The maximum atomic E-state index is 13.7. The zero-order chi connectivity index (χ0) is 31.6. The van der Waals surface area contributed by atoms with Gasteiger partial charge >= 0.3 is 6.09 Å². The molecule has 2 aliphatic rings. The average molecular weight is 622 g/mol. The van der Waals surface area contributed by atoms with Crippen LogP contribution in [-0.4, -0.2) is 58.9 Å². The number of amidine groups is 1. The molecule has 44 heavy (non-hydrogen) atoms. The van der Waals surface area contributed by atoms with E-state index >= 15 is 0 Å². The van der Waals surface area contributed by atoms with Gasteiger partial charge in [-0.1, -0.05) is 67.7 Å². The van der Waals surface area contributed by atoms with Crippen LogP contribution >= 0.6 is 0 Å². The highest BCUT2D eigenvalue weighted by molar-refractivity contribution is 7.92. The summed E-state index contributed by atoms with van der Waals surface area (Å²) in [6.45, 7) is 5.84. The van der Waals surface area contributed by atoms with Crippen LogP contribution in [0.4, 0.5) is 10.6 Å². The first kappa shape index (κ1) is 31.2. The molecule has 234 valence electrons. The van der Waals surface area contributed by atoms with E-state index in [4.69, 9.17) is 9.52 Å². The van der Waals surface area contributed by atoms with Crippen molar-refractivity contribution in [3.63, 3.8) is 0 Å². The summed E-state index contributed by atoms with van der Waals surface area (Å²) >= 11 is 0. The number of carbonyl (C=O) groups is 2. The molecular weight excluding hydrogens is 582 g/mol. The smallest absolute Gasteiger partial charge is 0.407 e. The van der Waals surface area contributed by atoms with Crippen molar-refractivity contribution < 1.29 is 27.6 Å². The predicted molar refractivity (Wildman–Crippen MR) is 167 cm³/mol. The Morgan fingerprint density at radius 3 is 2.52 bits per heavy atom. The van der Waals surface area contributed by atoms with Gasteiger partial charge in [-0.3, -0.25) is 19.4 Å². The fourth-order valence-electron chi connectivity index (χ4n) is 5.96. The first-order valence-corrected chi connectivity index (χ1v) is 16.5. The maximum Gasteiger partial charge on any atom is 0.407 e. The number of nitrogens with one attached hydrogen (secondary N) is 1. The van der Waals surface area contributed by atoms with Crippen LogP contribution in [-0.2, 0) is 27.9 Å². The quantitative estimate of drug-likeness (QED) is 0.263. The molecule has 2 amide bonds. The van der Waals surface area contributed by atoms with Gasteiger partial charge in [0.05, 0.1) is 11.4 Å². The molecular formula is C32H39N5O6S. The molecule has 11 nitrogen and oxygen atoms in total. The molecule has 0 atom stereocenters. The topological polar surface area (TPSA) is 145 Å². The minimum absolute atomic E-state index is 0.0105. The summed E-state index contributed by atoms with van der Waals surface area (Å²) in [4.78, 5) is 33.5. The Balaban J connectivity index is 1.53. The average Bonchev–Trinajstić information content (AvgIpc) is 3.67. The van der Waals surface area contributed by atoms with E-state index in [-0.39, 0.29) is 23.2 Å². The van der Waals surface area contributed by atoms with Crippen molar-refractivity contribution in [2.24, 2.45) is 4.99 Å². The molecule has 3 aromatic rings. The number of hydrogen-bond donors (Lipinski definition) is 2. The number of hydrogen-bond acceptors (Lipinski definition) is 7. The molecule has 0 unspecified atom stereocenters. The fraction of sp³-hybridized carbons (Fsp3) is 0.438. The lowest BCUT2D eigenvalue weighted by molar-refractivity contribution is -0.131. The largest absolute Gasteiger partial charge is 0.465 e. The van der Waals surface area contributed by atoms with Crippen LogP contribution in [0.1, 0.15) is 74.3 Å². The molecule has 0 bridgehead atoms. The summed E-state index contributed by atoms with van der Waals surface area (Å²) in [7, 11) is -2.64. The van der Waals surface area contributed by atoms with E-state index < -0.39 is 21.7 Å². The van der Waals surface area contributed by atoms with Gasteiger partial charge in [0.25, 0.3) is 15.9 Å². The van der Waals surface area contributed by atoms with Crippen LogP contribution < -0.4 is 4.72 Å². The third-order valence-electron chi connectivity index (χ3n) is 8.58. The van der Waals surface area contributed by atoms with Crippen molar-refractivity contribution in [3.8, 4) is 11.1 Å². The van der Waals surface area contributed by atoms with E-state index in [9.17, 15) is 23.1 Å². The number of anilines is 1. The molecule has 2 aromatic carbocycles. The number of aromatic nitrogens is 1. The molecule has 0 radical (unpaired) electrons. The van der Waals surface area contributed by atoms with Crippen molar-refractivity contribution in [2.45, 2.75) is 89.2 Å². The Hall–Kier alpha value is -4.19. The Morgan fingerprint density at radius 1 is 1.14 bits per heavy atom. The molecule has 1 aromatic heterocycles.